The Morgan fingerprint density at radius 3 is 1.33 bits per heavy atom. The SMILES string of the molecule is C.C.C[C@@H](Cc1ccccc1)C(=O)N1[C@H](C(=O)CCc2ccccc2)[C@@H]1C.C[C@@H](Cc1ccccc1)C(=O)O.C[C@@H]1N[C@@H]1C(=O)CCc1ccccc1.S=S. The van der Waals surface area contributed by atoms with Gasteiger partial charge in [-0.25, -0.2) is 0 Å². The van der Waals surface area contributed by atoms with Crippen molar-refractivity contribution in [1.82, 2.24) is 10.2 Å². The molecule has 2 aliphatic rings. The molecular weight excluding hydrogens is 725 g/mol. The van der Waals surface area contributed by atoms with Crippen LogP contribution < -0.4 is 5.32 Å². The van der Waals surface area contributed by atoms with Crippen molar-refractivity contribution >= 4 is 45.8 Å². The third kappa shape index (κ3) is 16.9. The predicted octanol–water partition coefficient (Wildman–Crippen LogP) is 8.43. The number of nitrogens with one attached hydrogen (secondary N) is 1. The summed E-state index contributed by atoms with van der Waals surface area (Å²) < 4.78 is 0. The van der Waals surface area contributed by atoms with Gasteiger partial charge in [0, 0.05) is 47.2 Å². The number of nitrogens with zero attached hydrogens (tertiary/aromatic N) is 1. The van der Waals surface area contributed by atoms with Gasteiger partial charge in [-0.15, -0.1) is 0 Å². The lowest BCUT2D eigenvalue weighted by Crippen LogP contribution is -2.26. The number of Topliss-reactive ketones (excluding diaryl/α,β-unsaturated/α-hetero) is 2. The fourth-order valence-electron chi connectivity index (χ4n) is 6.20. The highest BCUT2D eigenvalue weighted by molar-refractivity contribution is 8.07. The highest BCUT2D eigenvalue weighted by Crippen LogP contribution is 2.32. The molecule has 2 heterocycles. The zero-order valence-electron chi connectivity index (χ0n) is 31.1. The molecule has 0 unspecified atom stereocenters. The summed E-state index contributed by atoms with van der Waals surface area (Å²) in [5, 5.41) is 11.8. The summed E-state index contributed by atoms with van der Waals surface area (Å²) in [5.41, 5.74) is 4.64. The van der Waals surface area contributed by atoms with Gasteiger partial charge >= 0.3 is 5.97 Å². The molecule has 1 amide bonds. The second kappa shape index (κ2) is 25.6. The lowest BCUT2D eigenvalue weighted by atomic mass is 10.0. The molecule has 2 aliphatic heterocycles. The van der Waals surface area contributed by atoms with Crippen molar-refractivity contribution in [3.05, 3.63) is 144 Å². The number of amides is 1. The van der Waals surface area contributed by atoms with E-state index in [4.69, 9.17) is 5.11 Å². The van der Waals surface area contributed by atoms with Crippen LogP contribution in [0.5, 0.6) is 0 Å². The van der Waals surface area contributed by atoms with Gasteiger partial charge < -0.3 is 15.3 Å². The molecule has 9 heteroatoms. The van der Waals surface area contributed by atoms with E-state index in [-0.39, 0.29) is 56.5 Å². The van der Waals surface area contributed by atoms with E-state index < -0.39 is 5.97 Å². The molecule has 2 N–H and O–H groups in total. The van der Waals surface area contributed by atoms with Gasteiger partial charge in [-0.2, -0.15) is 0 Å². The average molecular weight is 785 g/mol. The zero-order valence-corrected chi connectivity index (χ0v) is 32.7. The fraction of sp³-hybridized carbons (Fsp3) is 0.391. The first-order valence-corrected chi connectivity index (χ1v) is 19.6. The van der Waals surface area contributed by atoms with Crippen LogP contribution in [0.2, 0.25) is 0 Å². The molecule has 2 fully saturated rings. The summed E-state index contributed by atoms with van der Waals surface area (Å²) >= 11 is 7.33. The molecule has 0 radical (unpaired) electrons. The normalized spacial score (nSPS) is 18.2. The number of carboxylic acids is 1. The zero-order chi connectivity index (χ0) is 38.8. The first-order valence-electron chi connectivity index (χ1n) is 18.2. The van der Waals surface area contributed by atoms with Crippen molar-refractivity contribution < 1.29 is 24.3 Å². The first-order chi connectivity index (χ1) is 25.5. The molecule has 6 rings (SSSR count). The Morgan fingerprint density at radius 2 is 0.964 bits per heavy atom. The minimum atomic E-state index is -0.737. The molecule has 6 atom stereocenters. The van der Waals surface area contributed by atoms with Crippen LogP contribution in [0.15, 0.2) is 121 Å². The van der Waals surface area contributed by atoms with Crippen molar-refractivity contribution in [3.63, 3.8) is 0 Å². The number of carbonyl (C=O) groups is 4. The van der Waals surface area contributed by atoms with Crippen molar-refractivity contribution in [2.45, 2.75) is 105 Å². The molecule has 0 aromatic heterocycles. The number of rotatable bonds is 14. The molecule has 7 nitrogen and oxygen atoms in total. The topological polar surface area (TPSA) is 113 Å². The highest BCUT2D eigenvalue weighted by atomic mass is 32.8. The van der Waals surface area contributed by atoms with E-state index >= 15 is 0 Å². The minimum absolute atomic E-state index is 0. The lowest BCUT2D eigenvalue weighted by molar-refractivity contribution is -0.141. The molecule has 55 heavy (non-hydrogen) atoms. The van der Waals surface area contributed by atoms with E-state index in [2.05, 4.69) is 39.8 Å². The Kier molecular flexibility index (Phi) is 22.6. The van der Waals surface area contributed by atoms with Gasteiger partial charge in [0.05, 0.1) is 18.0 Å². The van der Waals surface area contributed by atoms with Crippen LogP contribution >= 0.6 is 0 Å². The van der Waals surface area contributed by atoms with Crippen LogP contribution in [0.1, 0.15) is 77.6 Å². The Balaban J connectivity index is 0.000000430. The van der Waals surface area contributed by atoms with Gasteiger partial charge in [-0.3, -0.25) is 19.2 Å². The van der Waals surface area contributed by atoms with E-state index in [0.29, 0.717) is 37.5 Å². The van der Waals surface area contributed by atoms with Gasteiger partial charge in [0.15, 0.2) is 11.6 Å². The molecule has 296 valence electrons. The van der Waals surface area contributed by atoms with E-state index in [0.717, 1.165) is 24.0 Å². The number of aryl methyl sites for hydroxylation is 2. The first kappa shape index (κ1) is 48.6. The van der Waals surface area contributed by atoms with E-state index in [1.165, 1.54) is 11.1 Å². The summed E-state index contributed by atoms with van der Waals surface area (Å²) in [5.74, 6) is -0.518. The van der Waals surface area contributed by atoms with Gasteiger partial charge in [0.25, 0.3) is 0 Å². The Morgan fingerprint density at radius 1 is 0.618 bits per heavy atom. The van der Waals surface area contributed by atoms with Crippen LogP contribution in [0.3, 0.4) is 0 Å². The summed E-state index contributed by atoms with van der Waals surface area (Å²) in [6, 6.07) is 40.2. The van der Waals surface area contributed by atoms with Gasteiger partial charge in [-0.1, -0.05) is 150 Å². The Labute approximate surface area is 339 Å². The van der Waals surface area contributed by atoms with E-state index in [9.17, 15) is 19.2 Å². The number of hydrogen-bond donors (Lipinski definition) is 2. The van der Waals surface area contributed by atoms with Crippen molar-refractivity contribution in [2.24, 2.45) is 11.8 Å². The van der Waals surface area contributed by atoms with E-state index in [1.807, 2.05) is 130 Å². The fourth-order valence-corrected chi connectivity index (χ4v) is 6.20. The molecule has 4 aromatic rings. The van der Waals surface area contributed by atoms with Crippen molar-refractivity contribution in [2.75, 3.05) is 0 Å². The quantitative estimate of drug-likeness (QED) is 0.123. The molecular formula is C46H60N2O5S2. The number of benzene rings is 4. The molecule has 0 spiro atoms. The minimum Gasteiger partial charge on any atom is -0.481 e. The van der Waals surface area contributed by atoms with Crippen LogP contribution in [-0.4, -0.2) is 57.6 Å². The molecule has 0 aliphatic carbocycles. The number of carboxylic acid groups (broad SMARTS) is 1. The highest BCUT2D eigenvalue weighted by Gasteiger charge is 2.52. The van der Waals surface area contributed by atoms with Crippen molar-refractivity contribution in [3.8, 4) is 0 Å². The van der Waals surface area contributed by atoms with Crippen LogP contribution in [0.25, 0.3) is 0 Å². The third-order valence-corrected chi connectivity index (χ3v) is 9.49. The number of ketones is 2. The number of hydrogen-bond acceptors (Lipinski definition) is 7. The maximum absolute atomic E-state index is 12.7. The largest absolute Gasteiger partial charge is 0.481 e. The third-order valence-electron chi connectivity index (χ3n) is 9.49. The summed E-state index contributed by atoms with van der Waals surface area (Å²) in [6.45, 7) is 7.69. The summed E-state index contributed by atoms with van der Waals surface area (Å²) in [7, 11) is 0. The molecule has 2 saturated heterocycles. The van der Waals surface area contributed by atoms with Crippen LogP contribution in [0.4, 0.5) is 0 Å². The average Bonchev–Trinajstić information content (AvgIpc) is 4.10. The summed E-state index contributed by atoms with van der Waals surface area (Å²) in [4.78, 5) is 49.0. The molecule has 0 bridgehead atoms. The smallest absolute Gasteiger partial charge is 0.306 e. The van der Waals surface area contributed by atoms with E-state index in [1.54, 1.807) is 11.8 Å². The van der Waals surface area contributed by atoms with Gasteiger partial charge in [-0.05, 0) is 61.8 Å². The van der Waals surface area contributed by atoms with Crippen molar-refractivity contribution in [1.29, 1.82) is 0 Å². The maximum atomic E-state index is 12.7. The second-order valence-electron chi connectivity index (χ2n) is 13.8. The predicted molar refractivity (Wildman–Crippen MR) is 230 cm³/mol. The second-order valence-corrected chi connectivity index (χ2v) is 13.8. The number of carbonyl (C=O) groups excluding carboxylic acids is 3. The molecule has 0 saturated carbocycles. The van der Waals surface area contributed by atoms with Gasteiger partial charge in [0.1, 0.15) is 6.04 Å². The van der Waals surface area contributed by atoms with Crippen LogP contribution in [-0.2, 0) is 67.2 Å². The number of aliphatic carboxylic acids is 1. The Bertz CT molecular complexity index is 1710. The lowest BCUT2D eigenvalue weighted by Gasteiger charge is -2.12. The monoisotopic (exact) mass is 784 g/mol. The Hall–Kier alpha value is -4.44. The molecule has 4 aromatic carbocycles. The van der Waals surface area contributed by atoms with Gasteiger partial charge in [0.2, 0.25) is 5.91 Å². The van der Waals surface area contributed by atoms with Crippen LogP contribution in [0, 0.1) is 11.8 Å². The summed E-state index contributed by atoms with van der Waals surface area (Å²) in [6.07, 6.45) is 4.08. The maximum Gasteiger partial charge on any atom is 0.306 e. The standard InChI is InChI=1S/C22H25NO2.C12H15NO.C10H12O2.2CH4.S2/c1-16(15-19-11-7-4-8-12-19)22(25)23-17(2)21(23)20(24)14-13-18-9-5-3-6-10-18;1-9-12(13-9)11(14)8-7-10-5-3-2-4-6-10;1-8(10(11)12)7-9-5-3-2-4-6-9;;;1-2/h3-12,16-17,21H,13-15H2,1-2H3;2-6,9,12-13H,7-8H2,1H3;2-6,8H,7H2,1H3,(H,11,12);2*1H4;/t16-,17-,21-,23?;9-,12-;8-;;;/m000.../s1.